The van der Waals surface area contributed by atoms with E-state index in [4.69, 9.17) is 17.0 Å². The van der Waals surface area contributed by atoms with Gasteiger partial charge in [-0.3, -0.25) is 5.10 Å². The lowest BCUT2D eigenvalue weighted by Gasteiger charge is -2.06. The zero-order chi connectivity index (χ0) is 19.3. The van der Waals surface area contributed by atoms with Crippen LogP contribution in [0.3, 0.4) is 0 Å². The van der Waals surface area contributed by atoms with E-state index in [0.717, 1.165) is 22.6 Å². The zero-order valence-corrected chi connectivity index (χ0v) is 16.0. The highest BCUT2D eigenvalue weighted by Gasteiger charge is 2.11. The molecule has 0 amide bonds. The standard InChI is InChI=1S/C20H18N6OS/c1-14-10-18(23-22-14)19-24-25-20(28)26(19)21-12-16-8-5-9-17(11-16)27-13-15-6-3-2-4-7-15/h2-12H,13H2,1H3,(H,22,23)(H,25,28)/b21-12-. The fourth-order valence-corrected chi connectivity index (χ4v) is 2.83. The molecule has 7 nitrogen and oxygen atoms in total. The normalized spacial score (nSPS) is 11.2. The summed E-state index contributed by atoms with van der Waals surface area (Å²) in [5.74, 6) is 1.31. The smallest absolute Gasteiger partial charge is 0.216 e. The first-order valence-electron chi connectivity index (χ1n) is 8.70. The van der Waals surface area contributed by atoms with Crippen LogP contribution in [0.2, 0.25) is 0 Å². The number of aryl methyl sites for hydroxylation is 1. The Bertz CT molecular complexity index is 1160. The van der Waals surface area contributed by atoms with Crippen molar-refractivity contribution in [2.24, 2.45) is 5.10 Å². The summed E-state index contributed by atoms with van der Waals surface area (Å²) < 4.78 is 7.80. The molecule has 0 aliphatic rings. The summed E-state index contributed by atoms with van der Waals surface area (Å²) in [6, 6.07) is 19.6. The molecule has 2 aromatic heterocycles. The minimum atomic E-state index is 0.392. The van der Waals surface area contributed by atoms with Crippen LogP contribution in [0.5, 0.6) is 5.75 Å². The van der Waals surface area contributed by atoms with Crippen molar-refractivity contribution in [3.05, 3.63) is 82.3 Å². The van der Waals surface area contributed by atoms with E-state index in [-0.39, 0.29) is 0 Å². The van der Waals surface area contributed by atoms with Gasteiger partial charge in [0.25, 0.3) is 0 Å². The summed E-state index contributed by atoms with van der Waals surface area (Å²) in [4.78, 5) is 0. The number of H-pyrrole nitrogens is 2. The van der Waals surface area contributed by atoms with Crippen LogP contribution in [-0.2, 0) is 6.61 Å². The Balaban J connectivity index is 1.53. The highest BCUT2D eigenvalue weighted by atomic mass is 32.1. The van der Waals surface area contributed by atoms with Crippen molar-refractivity contribution in [2.75, 3.05) is 0 Å². The number of nitrogens with zero attached hydrogens (tertiary/aromatic N) is 4. The molecule has 2 aromatic carbocycles. The molecule has 0 aliphatic carbocycles. The van der Waals surface area contributed by atoms with Gasteiger partial charge in [-0.15, -0.1) is 0 Å². The van der Waals surface area contributed by atoms with E-state index in [1.54, 1.807) is 10.9 Å². The Morgan fingerprint density at radius 2 is 1.93 bits per heavy atom. The fraction of sp³-hybridized carbons (Fsp3) is 0.100. The van der Waals surface area contributed by atoms with Crippen molar-refractivity contribution in [1.82, 2.24) is 25.1 Å². The minimum Gasteiger partial charge on any atom is -0.489 e. The molecule has 2 N–H and O–H groups in total. The maximum absolute atomic E-state index is 5.87. The third kappa shape index (κ3) is 4.07. The Morgan fingerprint density at radius 3 is 2.71 bits per heavy atom. The molecule has 4 rings (SSSR count). The van der Waals surface area contributed by atoms with Crippen LogP contribution in [0, 0.1) is 11.7 Å². The molecule has 0 saturated heterocycles. The maximum atomic E-state index is 5.87. The molecule has 0 aliphatic heterocycles. The molecular formula is C20H18N6OS. The SMILES string of the molecule is Cc1cc(-c2n[nH]c(=S)n2/N=C\c2cccc(OCc3ccccc3)c2)n[nH]1. The van der Waals surface area contributed by atoms with E-state index >= 15 is 0 Å². The number of aromatic nitrogens is 5. The lowest BCUT2D eigenvalue weighted by molar-refractivity contribution is 0.306. The monoisotopic (exact) mass is 390 g/mol. The molecule has 0 spiro atoms. The number of hydrogen-bond acceptors (Lipinski definition) is 5. The van der Waals surface area contributed by atoms with Gasteiger partial charge in [-0.2, -0.15) is 20.0 Å². The first kappa shape index (κ1) is 17.9. The van der Waals surface area contributed by atoms with Crippen LogP contribution in [0.4, 0.5) is 0 Å². The Hall–Kier alpha value is -3.52. The van der Waals surface area contributed by atoms with Crippen molar-refractivity contribution >= 4 is 18.4 Å². The first-order valence-corrected chi connectivity index (χ1v) is 9.11. The summed E-state index contributed by atoms with van der Waals surface area (Å²) in [5.41, 5.74) is 3.60. The van der Waals surface area contributed by atoms with Gasteiger partial charge in [0.2, 0.25) is 10.6 Å². The summed E-state index contributed by atoms with van der Waals surface area (Å²) in [5, 5.41) is 18.5. The van der Waals surface area contributed by atoms with Crippen LogP contribution in [-0.4, -0.2) is 31.3 Å². The molecule has 0 radical (unpaired) electrons. The second-order valence-corrected chi connectivity index (χ2v) is 6.58. The average Bonchev–Trinajstić information content (AvgIpc) is 3.31. The first-order chi connectivity index (χ1) is 13.7. The predicted octanol–water partition coefficient (Wildman–Crippen LogP) is 4.10. The van der Waals surface area contributed by atoms with Gasteiger partial charge in [0.05, 0.1) is 6.21 Å². The van der Waals surface area contributed by atoms with Crippen LogP contribution < -0.4 is 4.74 Å². The van der Waals surface area contributed by atoms with Crippen molar-refractivity contribution in [2.45, 2.75) is 13.5 Å². The minimum absolute atomic E-state index is 0.392. The third-order valence-electron chi connectivity index (χ3n) is 4.01. The van der Waals surface area contributed by atoms with Crippen LogP contribution in [0.15, 0.2) is 65.8 Å². The quantitative estimate of drug-likeness (QED) is 0.383. The zero-order valence-electron chi connectivity index (χ0n) is 15.2. The van der Waals surface area contributed by atoms with Crippen LogP contribution in [0.25, 0.3) is 11.5 Å². The van der Waals surface area contributed by atoms with E-state index < -0.39 is 0 Å². The largest absolute Gasteiger partial charge is 0.489 e. The molecule has 0 bridgehead atoms. The highest BCUT2D eigenvalue weighted by molar-refractivity contribution is 7.71. The van der Waals surface area contributed by atoms with Crippen molar-refractivity contribution in [3.8, 4) is 17.3 Å². The van der Waals surface area contributed by atoms with Crippen molar-refractivity contribution in [1.29, 1.82) is 0 Å². The predicted molar refractivity (Wildman–Crippen MR) is 110 cm³/mol. The molecule has 0 atom stereocenters. The fourth-order valence-electron chi connectivity index (χ4n) is 2.65. The number of nitrogens with one attached hydrogen (secondary N) is 2. The van der Waals surface area contributed by atoms with E-state index in [1.165, 1.54) is 0 Å². The molecule has 0 fully saturated rings. The summed E-state index contributed by atoms with van der Waals surface area (Å²) in [6.07, 6.45) is 1.71. The van der Waals surface area contributed by atoms with E-state index in [2.05, 4.69) is 25.5 Å². The van der Waals surface area contributed by atoms with Crippen LogP contribution >= 0.6 is 12.2 Å². The van der Waals surface area contributed by atoms with Gasteiger partial charge in [0, 0.05) is 5.69 Å². The number of aromatic amines is 2. The lowest BCUT2D eigenvalue weighted by Crippen LogP contribution is -1.97. The molecule has 8 heteroatoms. The van der Waals surface area contributed by atoms with E-state index in [9.17, 15) is 0 Å². The number of benzene rings is 2. The Morgan fingerprint density at radius 1 is 1.07 bits per heavy atom. The maximum Gasteiger partial charge on any atom is 0.216 e. The van der Waals surface area contributed by atoms with E-state index in [1.807, 2.05) is 67.6 Å². The van der Waals surface area contributed by atoms with E-state index in [0.29, 0.717) is 22.9 Å². The van der Waals surface area contributed by atoms with Gasteiger partial charge in [0.15, 0.2) is 0 Å². The molecular weight excluding hydrogens is 372 g/mol. The Kier molecular flexibility index (Phi) is 5.11. The number of ether oxygens (including phenoxy) is 1. The second-order valence-electron chi connectivity index (χ2n) is 6.19. The summed E-state index contributed by atoms with van der Waals surface area (Å²) >= 11 is 5.29. The molecule has 0 saturated carbocycles. The Labute approximate surface area is 166 Å². The highest BCUT2D eigenvalue weighted by Crippen LogP contribution is 2.17. The molecule has 28 heavy (non-hydrogen) atoms. The van der Waals surface area contributed by atoms with Crippen molar-refractivity contribution < 1.29 is 4.74 Å². The molecule has 2 heterocycles. The van der Waals surface area contributed by atoms with Gasteiger partial charge in [0.1, 0.15) is 18.1 Å². The summed E-state index contributed by atoms with van der Waals surface area (Å²) in [7, 11) is 0. The number of rotatable bonds is 6. The summed E-state index contributed by atoms with van der Waals surface area (Å²) in [6.45, 7) is 2.43. The van der Waals surface area contributed by atoms with Gasteiger partial charge in [-0.1, -0.05) is 42.5 Å². The van der Waals surface area contributed by atoms with Gasteiger partial charge in [-0.05, 0) is 48.5 Å². The topological polar surface area (TPSA) is 83.9 Å². The van der Waals surface area contributed by atoms with Crippen molar-refractivity contribution in [3.63, 3.8) is 0 Å². The van der Waals surface area contributed by atoms with Gasteiger partial charge >= 0.3 is 0 Å². The third-order valence-corrected chi connectivity index (χ3v) is 4.28. The molecule has 140 valence electrons. The van der Waals surface area contributed by atoms with Gasteiger partial charge in [-0.25, -0.2) is 5.10 Å². The molecule has 4 aromatic rings. The average molecular weight is 390 g/mol. The van der Waals surface area contributed by atoms with Crippen LogP contribution in [0.1, 0.15) is 16.8 Å². The second kappa shape index (κ2) is 8.01. The van der Waals surface area contributed by atoms with Gasteiger partial charge < -0.3 is 4.74 Å². The number of hydrogen-bond donors (Lipinski definition) is 2. The lowest BCUT2D eigenvalue weighted by atomic mass is 10.2. The molecule has 0 unspecified atom stereocenters.